The van der Waals surface area contributed by atoms with Gasteiger partial charge in [0.25, 0.3) is 0 Å². The second kappa shape index (κ2) is 5.67. The van der Waals surface area contributed by atoms with Gasteiger partial charge < -0.3 is 5.32 Å². The van der Waals surface area contributed by atoms with Gasteiger partial charge in [0.15, 0.2) is 11.6 Å². The molecule has 1 heterocycles. The molecule has 2 nitrogen and oxygen atoms in total. The zero-order chi connectivity index (χ0) is 12.0. The van der Waals surface area contributed by atoms with E-state index in [2.05, 4.69) is 10.3 Å². The van der Waals surface area contributed by atoms with Crippen LogP contribution in [0.4, 0.5) is 23.4 Å². The molecule has 0 bridgehead atoms. The van der Waals surface area contributed by atoms with Crippen LogP contribution in [0.2, 0.25) is 0 Å². The lowest BCUT2D eigenvalue weighted by molar-refractivity contribution is -0.135. The summed E-state index contributed by atoms with van der Waals surface area (Å²) in [6, 6.07) is 2.69. The minimum atomic E-state index is -4.11. The first-order valence-electron chi connectivity index (χ1n) is 4.90. The lowest BCUT2D eigenvalue weighted by atomic mass is 10.2. The number of halogens is 4. The van der Waals surface area contributed by atoms with Gasteiger partial charge in [0, 0.05) is 19.2 Å². The molecule has 0 fully saturated rings. The Bertz CT molecular complexity index is 325. The van der Waals surface area contributed by atoms with Gasteiger partial charge in [-0.1, -0.05) is 0 Å². The van der Waals surface area contributed by atoms with Crippen LogP contribution in [0.1, 0.15) is 19.3 Å². The van der Waals surface area contributed by atoms with Crippen LogP contribution in [-0.4, -0.2) is 17.7 Å². The minimum absolute atomic E-state index is 0.0327. The fourth-order valence-corrected chi connectivity index (χ4v) is 1.17. The molecule has 0 aliphatic rings. The Balaban J connectivity index is 2.19. The average Bonchev–Trinajstić information content (AvgIpc) is 2.18. The Hall–Kier alpha value is -1.33. The number of pyridine rings is 1. The van der Waals surface area contributed by atoms with Gasteiger partial charge in [0.1, 0.15) is 0 Å². The second-order valence-electron chi connectivity index (χ2n) is 3.33. The number of rotatable bonds is 5. The molecule has 1 aromatic heterocycles. The van der Waals surface area contributed by atoms with Crippen molar-refractivity contribution in [3.63, 3.8) is 0 Å². The number of aromatic nitrogens is 1. The van der Waals surface area contributed by atoms with E-state index in [-0.39, 0.29) is 18.8 Å². The molecule has 1 aromatic rings. The third-order valence-corrected chi connectivity index (χ3v) is 1.94. The van der Waals surface area contributed by atoms with E-state index in [4.69, 9.17) is 0 Å². The van der Waals surface area contributed by atoms with E-state index in [9.17, 15) is 17.6 Å². The highest BCUT2D eigenvalue weighted by molar-refractivity contribution is 5.35. The molecule has 1 N–H and O–H groups in total. The summed E-state index contributed by atoms with van der Waals surface area (Å²) in [4.78, 5) is 3.72. The summed E-state index contributed by atoms with van der Waals surface area (Å²) < 4.78 is 48.3. The van der Waals surface area contributed by atoms with Crippen LogP contribution >= 0.6 is 0 Å². The van der Waals surface area contributed by atoms with Crippen molar-refractivity contribution < 1.29 is 17.6 Å². The fraction of sp³-hybridized carbons (Fsp3) is 0.500. The summed E-state index contributed by atoms with van der Waals surface area (Å²) in [7, 11) is 0. The predicted octanol–water partition coefficient (Wildman–Crippen LogP) is 3.37. The van der Waals surface area contributed by atoms with Gasteiger partial charge in [-0.2, -0.15) is 13.2 Å². The van der Waals surface area contributed by atoms with Crippen LogP contribution in [-0.2, 0) is 0 Å². The predicted molar refractivity (Wildman–Crippen MR) is 52.6 cm³/mol. The van der Waals surface area contributed by atoms with E-state index in [1.165, 1.54) is 18.3 Å². The van der Waals surface area contributed by atoms with Gasteiger partial charge in [0.05, 0.1) is 0 Å². The molecule has 90 valence electrons. The molecule has 0 atom stereocenters. The van der Waals surface area contributed by atoms with Crippen LogP contribution in [0, 0.1) is 5.82 Å². The topological polar surface area (TPSA) is 24.9 Å². The van der Waals surface area contributed by atoms with Gasteiger partial charge in [-0.25, -0.2) is 9.37 Å². The van der Waals surface area contributed by atoms with Crippen LogP contribution in [0.3, 0.4) is 0 Å². The SMILES string of the molecule is Fc1cccnc1NCCCCC(F)(F)F. The first-order chi connectivity index (χ1) is 7.49. The highest BCUT2D eigenvalue weighted by Gasteiger charge is 2.25. The van der Waals surface area contributed by atoms with Crippen LogP contribution in [0.5, 0.6) is 0 Å². The zero-order valence-electron chi connectivity index (χ0n) is 8.52. The molecule has 0 saturated carbocycles. The first kappa shape index (κ1) is 12.7. The van der Waals surface area contributed by atoms with E-state index in [0.717, 1.165) is 0 Å². The number of hydrogen-bond acceptors (Lipinski definition) is 2. The van der Waals surface area contributed by atoms with E-state index in [1.807, 2.05) is 0 Å². The van der Waals surface area contributed by atoms with E-state index in [0.29, 0.717) is 6.42 Å². The normalized spacial score (nSPS) is 11.5. The van der Waals surface area contributed by atoms with Gasteiger partial charge in [0.2, 0.25) is 0 Å². The highest BCUT2D eigenvalue weighted by Crippen LogP contribution is 2.22. The van der Waals surface area contributed by atoms with Gasteiger partial charge >= 0.3 is 6.18 Å². The van der Waals surface area contributed by atoms with Crippen molar-refractivity contribution in [2.24, 2.45) is 0 Å². The summed E-state index contributed by atoms with van der Waals surface area (Å²) in [5.41, 5.74) is 0. The Labute approximate surface area is 90.7 Å². The van der Waals surface area contributed by atoms with Crippen molar-refractivity contribution in [1.29, 1.82) is 0 Å². The zero-order valence-corrected chi connectivity index (χ0v) is 8.52. The Morgan fingerprint density at radius 3 is 2.62 bits per heavy atom. The molecule has 0 unspecified atom stereocenters. The van der Waals surface area contributed by atoms with Crippen molar-refractivity contribution in [1.82, 2.24) is 4.98 Å². The maximum absolute atomic E-state index is 13.0. The lowest BCUT2D eigenvalue weighted by Gasteiger charge is -2.07. The number of alkyl halides is 3. The molecular weight excluding hydrogens is 224 g/mol. The molecule has 1 rings (SSSR count). The number of unbranched alkanes of at least 4 members (excludes halogenated alkanes) is 1. The monoisotopic (exact) mass is 236 g/mol. The van der Waals surface area contributed by atoms with Gasteiger partial charge in [-0.05, 0) is 25.0 Å². The van der Waals surface area contributed by atoms with Crippen molar-refractivity contribution in [3.8, 4) is 0 Å². The van der Waals surface area contributed by atoms with E-state index >= 15 is 0 Å². The lowest BCUT2D eigenvalue weighted by Crippen LogP contribution is -2.09. The van der Waals surface area contributed by atoms with Crippen molar-refractivity contribution in [2.75, 3.05) is 11.9 Å². The number of anilines is 1. The van der Waals surface area contributed by atoms with Crippen LogP contribution in [0.15, 0.2) is 18.3 Å². The molecule has 16 heavy (non-hydrogen) atoms. The standard InChI is InChI=1S/C10H12F4N2/c11-8-4-3-7-16-9(8)15-6-2-1-5-10(12,13)14/h3-4,7H,1-2,5-6H2,(H,15,16). The quantitative estimate of drug-likeness (QED) is 0.626. The first-order valence-corrected chi connectivity index (χ1v) is 4.90. The highest BCUT2D eigenvalue weighted by atomic mass is 19.4. The van der Waals surface area contributed by atoms with Crippen molar-refractivity contribution in [2.45, 2.75) is 25.4 Å². The summed E-state index contributed by atoms with van der Waals surface area (Å²) in [6.07, 6.45) is -3.14. The second-order valence-corrected chi connectivity index (χ2v) is 3.33. The van der Waals surface area contributed by atoms with Crippen molar-refractivity contribution in [3.05, 3.63) is 24.1 Å². The molecule has 0 amide bonds. The molecule has 0 aliphatic carbocycles. The Morgan fingerprint density at radius 2 is 2.00 bits per heavy atom. The number of hydrogen-bond donors (Lipinski definition) is 1. The minimum Gasteiger partial charge on any atom is -0.368 e. The largest absolute Gasteiger partial charge is 0.389 e. The molecule has 0 spiro atoms. The molecule has 0 aliphatic heterocycles. The molecular formula is C10H12F4N2. The van der Waals surface area contributed by atoms with Crippen LogP contribution in [0.25, 0.3) is 0 Å². The Morgan fingerprint density at radius 1 is 1.25 bits per heavy atom. The van der Waals surface area contributed by atoms with E-state index < -0.39 is 18.4 Å². The fourth-order valence-electron chi connectivity index (χ4n) is 1.17. The maximum atomic E-state index is 13.0. The molecule has 0 saturated heterocycles. The molecule has 6 heteroatoms. The third kappa shape index (κ3) is 4.95. The number of nitrogens with one attached hydrogen (secondary N) is 1. The van der Waals surface area contributed by atoms with Crippen molar-refractivity contribution >= 4 is 5.82 Å². The average molecular weight is 236 g/mol. The van der Waals surface area contributed by atoms with Gasteiger partial charge in [-0.3, -0.25) is 0 Å². The van der Waals surface area contributed by atoms with Gasteiger partial charge in [-0.15, -0.1) is 0 Å². The van der Waals surface area contributed by atoms with Crippen LogP contribution < -0.4 is 5.32 Å². The maximum Gasteiger partial charge on any atom is 0.389 e. The number of nitrogens with zero attached hydrogens (tertiary/aromatic N) is 1. The summed E-state index contributed by atoms with van der Waals surface area (Å²) in [6.45, 7) is 0.282. The summed E-state index contributed by atoms with van der Waals surface area (Å²) in [5, 5.41) is 2.65. The Kier molecular flexibility index (Phi) is 4.52. The third-order valence-electron chi connectivity index (χ3n) is 1.94. The summed E-state index contributed by atoms with van der Waals surface area (Å²) >= 11 is 0. The smallest absolute Gasteiger partial charge is 0.368 e. The molecule has 0 aromatic carbocycles. The molecule has 0 radical (unpaired) electrons. The van der Waals surface area contributed by atoms with E-state index in [1.54, 1.807) is 0 Å². The summed E-state index contributed by atoms with van der Waals surface area (Å²) in [5.74, 6) is -0.423.